The third kappa shape index (κ3) is 2.08. The molecule has 0 amide bonds. The Balaban J connectivity index is 1.64. The van der Waals surface area contributed by atoms with Gasteiger partial charge in [-0.1, -0.05) is 36.4 Å². The van der Waals surface area contributed by atoms with Crippen molar-refractivity contribution in [3.63, 3.8) is 0 Å². The van der Waals surface area contributed by atoms with Gasteiger partial charge in [0.15, 0.2) is 0 Å². The number of nitrogens with zero attached hydrogens (tertiary/aromatic N) is 2. The van der Waals surface area contributed by atoms with E-state index in [1.807, 2.05) is 28.9 Å². The molecule has 1 unspecified atom stereocenters. The lowest BCUT2D eigenvalue weighted by Gasteiger charge is -2.11. The Labute approximate surface area is 123 Å². The topological polar surface area (TPSA) is 53.1 Å². The summed E-state index contributed by atoms with van der Waals surface area (Å²) < 4.78 is 8.03. The van der Waals surface area contributed by atoms with Crippen LogP contribution in [0.4, 0.5) is 0 Å². The maximum absolute atomic E-state index is 6.01. The van der Waals surface area contributed by atoms with Crippen LogP contribution in [0.15, 0.2) is 48.5 Å². The van der Waals surface area contributed by atoms with Gasteiger partial charge in [-0.05, 0) is 17.7 Å². The molecule has 0 radical (unpaired) electrons. The number of aromatic nitrogens is 2. The van der Waals surface area contributed by atoms with Crippen LogP contribution in [0.3, 0.4) is 0 Å². The third-order valence-corrected chi connectivity index (χ3v) is 4.02. The molecular formula is C17H17N3O. The van der Waals surface area contributed by atoms with Crippen LogP contribution >= 0.6 is 0 Å². The lowest BCUT2D eigenvalue weighted by atomic mass is 10.1. The second-order valence-electron chi connectivity index (χ2n) is 5.40. The van der Waals surface area contributed by atoms with Crippen LogP contribution in [-0.4, -0.2) is 15.9 Å². The molecule has 3 aromatic rings. The average Bonchev–Trinajstić information content (AvgIpc) is 3.08. The van der Waals surface area contributed by atoms with E-state index in [0.29, 0.717) is 6.54 Å². The average molecular weight is 279 g/mol. The molecular weight excluding hydrogens is 262 g/mol. The molecule has 0 fully saturated rings. The van der Waals surface area contributed by atoms with Gasteiger partial charge in [0.2, 0.25) is 0 Å². The predicted molar refractivity (Wildman–Crippen MR) is 82.2 cm³/mol. The van der Waals surface area contributed by atoms with Crippen LogP contribution in [0.2, 0.25) is 0 Å². The van der Waals surface area contributed by atoms with Crippen LogP contribution < -0.4 is 10.5 Å². The summed E-state index contributed by atoms with van der Waals surface area (Å²) in [4.78, 5) is 0. The van der Waals surface area contributed by atoms with Crippen LogP contribution in [0.1, 0.15) is 11.3 Å². The van der Waals surface area contributed by atoms with E-state index in [2.05, 4.69) is 29.4 Å². The zero-order valence-corrected chi connectivity index (χ0v) is 11.7. The maximum Gasteiger partial charge on any atom is 0.123 e. The summed E-state index contributed by atoms with van der Waals surface area (Å²) >= 11 is 0. The van der Waals surface area contributed by atoms with Gasteiger partial charge in [-0.2, -0.15) is 5.10 Å². The summed E-state index contributed by atoms with van der Waals surface area (Å²) in [6.45, 7) is 1.20. The normalized spacial score (nSPS) is 16.9. The van der Waals surface area contributed by atoms with Crippen molar-refractivity contribution in [3.8, 4) is 5.75 Å². The van der Waals surface area contributed by atoms with E-state index in [1.165, 1.54) is 5.56 Å². The molecule has 0 bridgehead atoms. The van der Waals surface area contributed by atoms with Crippen LogP contribution in [0.25, 0.3) is 10.9 Å². The quantitative estimate of drug-likeness (QED) is 0.801. The number of rotatable bonds is 3. The predicted octanol–water partition coefficient (Wildman–Crippen LogP) is 2.50. The molecule has 1 aliphatic heterocycles. The Hall–Kier alpha value is -2.33. The number of nitrogens with two attached hydrogens (primary N) is 1. The first-order chi connectivity index (χ1) is 10.3. The van der Waals surface area contributed by atoms with E-state index in [9.17, 15) is 0 Å². The van der Waals surface area contributed by atoms with Crippen LogP contribution in [-0.2, 0) is 19.5 Å². The minimum absolute atomic E-state index is 0.135. The number of fused-ring (bicyclic) bond motifs is 2. The van der Waals surface area contributed by atoms with Gasteiger partial charge >= 0.3 is 0 Å². The smallest absolute Gasteiger partial charge is 0.123 e. The van der Waals surface area contributed by atoms with Gasteiger partial charge in [0.05, 0.1) is 17.8 Å². The summed E-state index contributed by atoms with van der Waals surface area (Å²) in [5, 5.41) is 5.78. The molecule has 21 heavy (non-hydrogen) atoms. The Morgan fingerprint density at radius 3 is 2.81 bits per heavy atom. The molecule has 0 aliphatic carbocycles. The summed E-state index contributed by atoms with van der Waals surface area (Å²) in [5.41, 5.74) is 9.14. The Morgan fingerprint density at radius 1 is 1.14 bits per heavy atom. The Bertz CT molecular complexity index is 769. The van der Waals surface area contributed by atoms with E-state index in [-0.39, 0.29) is 6.10 Å². The third-order valence-electron chi connectivity index (χ3n) is 4.02. The molecule has 4 heteroatoms. The zero-order chi connectivity index (χ0) is 14.2. The van der Waals surface area contributed by atoms with E-state index in [1.54, 1.807) is 0 Å². The van der Waals surface area contributed by atoms with E-state index >= 15 is 0 Å². The van der Waals surface area contributed by atoms with Crippen molar-refractivity contribution in [2.45, 2.75) is 25.6 Å². The highest BCUT2D eigenvalue weighted by Crippen LogP contribution is 2.29. The fourth-order valence-electron chi connectivity index (χ4n) is 3.03. The maximum atomic E-state index is 6.01. The van der Waals surface area contributed by atoms with Gasteiger partial charge in [-0.15, -0.1) is 0 Å². The molecule has 2 heterocycles. The standard InChI is InChI=1S/C17H17N3O/c18-10-15-14-6-2-3-7-16(14)20(19-15)11-13-9-12-5-1-4-8-17(12)21-13/h1-8,13H,9-11,18H2. The Morgan fingerprint density at radius 2 is 1.95 bits per heavy atom. The summed E-state index contributed by atoms with van der Waals surface area (Å²) in [6.07, 6.45) is 1.07. The number of benzene rings is 2. The van der Waals surface area contributed by atoms with Gasteiger partial charge in [0.1, 0.15) is 11.9 Å². The number of para-hydroxylation sites is 2. The summed E-state index contributed by atoms with van der Waals surface area (Å²) in [5.74, 6) is 0.998. The molecule has 2 aromatic carbocycles. The van der Waals surface area contributed by atoms with E-state index in [0.717, 1.165) is 35.3 Å². The van der Waals surface area contributed by atoms with Gasteiger partial charge in [-0.25, -0.2) is 0 Å². The molecule has 4 nitrogen and oxygen atoms in total. The van der Waals surface area contributed by atoms with Crippen molar-refractivity contribution in [3.05, 3.63) is 59.8 Å². The molecule has 2 N–H and O–H groups in total. The highest BCUT2D eigenvalue weighted by molar-refractivity contribution is 5.81. The molecule has 106 valence electrons. The second kappa shape index (κ2) is 4.90. The van der Waals surface area contributed by atoms with Gasteiger partial charge in [-0.3, -0.25) is 4.68 Å². The molecule has 4 rings (SSSR count). The molecule has 1 aliphatic rings. The van der Waals surface area contributed by atoms with Crippen molar-refractivity contribution in [1.29, 1.82) is 0 Å². The summed E-state index contributed by atoms with van der Waals surface area (Å²) in [6, 6.07) is 16.4. The highest BCUT2D eigenvalue weighted by Gasteiger charge is 2.23. The largest absolute Gasteiger partial charge is 0.488 e. The van der Waals surface area contributed by atoms with Crippen molar-refractivity contribution >= 4 is 10.9 Å². The summed E-state index contributed by atoms with van der Waals surface area (Å²) in [7, 11) is 0. The first kappa shape index (κ1) is 12.4. The zero-order valence-electron chi connectivity index (χ0n) is 11.7. The molecule has 0 saturated carbocycles. The van der Waals surface area contributed by atoms with Crippen LogP contribution in [0, 0.1) is 0 Å². The number of ether oxygens (including phenoxy) is 1. The van der Waals surface area contributed by atoms with Crippen LogP contribution in [0.5, 0.6) is 5.75 Å². The molecule has 1 aromatic heterocycles. The fraction of sp³-hybridized carbons (Fsp3) is 0.235. The van der Waals surface area contributed by atoms with Crippen molar-refractivity contribution < 1.29 is 4.74 Å². The highest BCUT2D eigenvalue weighted by atomic mass is 16.5. The SMILES string of the molecule is NCc1nn(CC2Cc3ccccc3O2)c2ccccc12. The van der Waals surface area contributed by atoms with Gasteiger partial charge in [0.25, 0.3) is 0 Å². The van der Waals surface area contributed by atoms with Gasteiger partial charge in [0, 0.05) is 18.4 Å². The monoisotopic (exact) mass is 279 g/mol. The molecule has 1 atom stereocenters. The van der Waals surface area contributed by atoms with E-state index in [4.69, 9.17) is 10.5 Å². The van der Waals surface area contributed by atoms with Crippen molar-refractivity contribution in [1.82, 2.24) is 9.78 Å². The van der Waals surface area contributed by atoms with Crippen molar-refractivity contribution in [2.24, 2.45) is 5.73 Å². The van der Waals surface area contributed by atoms with Gasteiger partial charge < -0.3 is 10.5 Å². The first-order valence-corrected chi connectivity index (χ1v) is 7.24. The van der Waals surface area contributed by atoms with Crippen molar-refractivity contribution in [2.75, 3.05) is 0 Å². The Kier molecular flexibility index (Phi) is 2.89. The lowest BCUT2D eigenvalue weighted by molar-refractivity contribution is 0.205. The number of hydrogen-bond acceptors (Lipinski definition) is 3. The molecule has 0 saturated heterocycles. The second-order valence-corrected chi connectivity index (χ2v) is 5.40. The lowest BCUT2D eigenvalue weighted by Crippen LogP contribution is -2.21. The molecule has 0 spiro atoms. The minimum atomic E-state index is 0.135. The fourth-order valence-corrected chi connectivity index (χ4v) is 3.03. The van der Waals surface area contributed by atoms with E-state index < -0.39 is 0 Å². The first-order valence-electron chi connectivity index (χ1n) is 7.24. The minimum Gasteiger partial charge on any atom is -0.488 e. The number of hydrogen-bond donors (Lipinski definition) is 1.